The molecule has 0 aromatic heterocycles. The van der Waals surface area contributed by atoms with Gasteiger partial charge in [0, 0.05) is 24.1 Å². The molecular formula is C24H29NO19. The Balaban J connectivity index is 1.86. The highest BCUT2D eigenvalue weighted by Gasteiger charge is 2.85. The smallest absolute Gasteiger partial charge is 0.289 e. The predicted molar refractivity (Wildman–Crippen MR) is 132 cm³/mol. The number of phenols is 5. The molecule has 16 N–H and O–H groups in total. The second kappa shape index (κ2) is 9.61. The molecule has 244 valence electrons. The van der Waals surface area contributed by atoms with Crippen molar-refractivity contribution in [2.24, 2.45) is 5.92 Å². The molecule has 2 aromatic carbocycles. The van der Waals surface area contributed by atoms with E-state index in [1.165, 1.54) is 0 Å². The maximum Gasteiger partial charge on any atom is 0.289 e. The topological polar surface area (TPSA) is 362 Å². The fraction of sp³-hybridized carbons (Fsp3) is 0.458. The standard InChI is InChI=1S/C24H29NO19/c1-43-11-3-7-9(4-12(11)44-2)20(33,34)10(13(7)26)5-19(32)21(35,36)23(39,40)25(24(41,42)22(19,37)38)6-8-14(27)16(29)18(31)17(30)15(8)28/h3-4,10,27-42H,5-6H2,1-2H3. The molecule has 1 fully saturated rings. The highest BCUT2D eigenvalue weighted by molar-refractivity contribution is 6.04. The third-order valence-corrected chi connectivity index (χ3v) is 8.11. The van der Waals surface area contributed by atoms with Crippen molar-refractivity contribution < 1.29 is 96.0 Å². The van der Waals surface area contributed by atoms with Crippen molar-refractivity contribution >= 4 is 5.78 Å². The summed E-state index contributed by atoms with van der Waals surface area (Å²) in [4.78, 5) is 12.4. The molecule has 2 aliphatic rings. The van der Waals surface area contributed by atoms with Crippen molar-refractivity contribution in [1.29, 1.82) is 0 Å². The maximum atomic E-state index is 13.3. The monoisotopic (exact) mass is 635 g/mol. The molecule has 2 aromatic rings. The quantitative estimate of drug-likeness (QED) is 0.0799. The number of nitrogens with zero attached hydrogens (tertiary/aromatic N) is 1. The number of hydrogen-bond donors (Lipinski definition) is 16. The van der Waals surface area contributed by atoms with Crippen LogP contribution in [0.3, 0.4) is 0 Å². The van der Waals surface area contributed by atoms with Gasteiger partial charge in [-0.1, -0.05) is 0 Å². The first-order chi connectivity index (χ1) is 19.9. The van der Waals surface area contributed by atoms with Crippen LogP contribution in [0.1, 0.15) is 27.9 Å². The van der Waals surface area contributed by atoms with Gasteiger partial charge in [0.25, 0.3) is 23.4 Å². The van der Waals surface area contributed by atoms with Gasteiger partial charge in [-0.3, -0.25) is 4.79 Å². The van der Waals surface area contributed by atoms with Crippen LogP contribution in [0, 0.1) is 5.92 Å². The number of benzene rings is 2. The van der Waals surface area contributed by atoms with Crippen molar-refractivity contribution in [3.63, 3.8) is 0 Å². The zero-order valence-corrected chi connectivity index (χ0v) is 22.5. The van der Waals surface area contributed by atoms with Crippen LogP contribution >= 0.6 is 0 Å². The van der Waals surface area contributed by atoms with Crippen LogP contribution in [0.4, 0.5) is 0 Å². The Morgan fingerprint density at radius 3 is 1.52 bits per heavy atom. The number of hydrogen-bond acceptors (Lipinski definition) is 20. The number of aliphatic hydroxyl groups is 11. The minimum Gasteiger partial charge on any atom is -0.504 e. The van der Waals surface area contributed by atoms with E-state index in [9.17, 15) is 86.5 Å². The van der Waals surface area contributed by atoms with Crippen molar-refractivity contribution in [2.75, 3.05) is 14.2 Å². The molecule has 0 amide bonds. The van der Waals surface area contributed by atoms with E-state index in [0.717, 1.165) is 26.4 Å². The lowest BCUT2D eigenvalue weighted by Gasteiger charge is -2.63. The third kappa shape index (κ3) is 3.86. The van der Waals surface area contributed by atoms with E-state index in [4.69, 9.17) is 9.47 Å². The average molecular weight is 635 g/mol. The number of carbonyl (C=O) groups is 1. The van der Waals surface area contributed by atoms with Gasteiger partial charge >= 0.3 is 0 Å². The summed E-state index contributed by atoms with van der Waals surface area (Å²) >= 11 is 0. The number of piperidine rings is 1. The lowest BCUT2D eigenvalue weighted by molar-refractivity contribution is -0.598. The zero-order chi connectivity index (χ0) is 33.7. The molecule has 20 heteroatoms. The maximum absolute atomic E-state index is 13.3. The Kier molecular flexibility index (Phi) is 7.24. The molecule has 44 heavy (non-hydrogen) atoms. The number of Topliss-reactive ketones (excluding diaryl/α,β-unsaturated/α-hetero) is 1. The fourth-order valence-electron chi connectivity index (χ4n) is 5.42. The Morgan fingerprint density at radius 1 is 0.682 bits per heavy atom. The third-order valence-electron chi connectivity index (χ3n) is 8.11. The minimum absolute atomic E-state index is 0.118. The Bertz CT molecular complexity index is 1470. The number of ketones is 1. The molecule has 1 atom stereocenters. The van der Waals surface area contributed by atoms with Crippen LogP contribution in [0.15, 0.2) is 12.1 Å². The summed E-state index contributed by atoms with van der Waals surface area (Å²) in [5.41, 5.74) is -7.03. The van der Waals surface area contributed by atoms with Crippen LogP contribution in [0.25, 0.3) is 0 Å². The normalized spacial score (nSPS) is 24.1. The van der Waals surface area contributed by atoms with Gasteiger partial charge in [0.2, 0.25) is 23.0 Å². The first-order valence-corrected chi connectivity index (χ1v) is 12.1. The summed E-state index contributed by atoms with van der Waals surface area (Å²) in [6.45, 7) is -1.88. The highest BCUT2D eigenvalue weighted by atomic mass is 16.7. The first kappa shape index (κ1) is 33.1. The largest absolute Gasteiger partial charge is 0.504 e. The number of likely N-dealkylation sites (tertiary alicyclic amines) is 1. The molecule has 1 saturated heterocycles. The van der Waals surface area contributed by atoms with Crippen LogP contribution < -0.4 is 9.47 Å². The zero-order valence-electron chi connectivity index (χ0n) is 22.5. The summed E-state index contributed by atoms with van der Waals surface area (Å²) in [5, 5.41) is 169. The second-order valence-electron chi connectivity index (χ2n) is 10.4. The van der Waals surface area contributed by atoms with E-state index in [1.54, 1.807) is 0 Å². The van der Waals surface area contributed by atoms with Crippen molar-refractivity contribution in [3.05, 3.63) is 28.8 Å². The van der Waals surface area contributed by atoms with Gasteiger partial charge in [0.05, 0.1) is 25.7 Å². The molecule has 1 unspecified atom stereocenters. The van der Waals surface area contributed by atoms with Gasteiger partial charge < -0.3 is 91.2 Å². The van der Waals surface area contributed by atoms with Crippen molar-refractivity contribution in [2.45, 2.75) is 47.8 Å². The SMILES string of the molecule is COc1cc2c(cc1OC)C(O)(O)C(CC1(O)C(O)(O)C(O)(O)N(Cc3c(O)c(O)c(O)c(O)c3O)C(O)(O)C1(O)O)C2=O. The van der Waals surface area contributed by atoms with Crippen molar-refractivity contribution in [3.8, 4) is 40.2 Å². The summed E-state index contributed by atoms with van der Waals surface area (Å²) in [7, 11) is 2.30. The van der Waals surface area contributed by atoms with Crippen LogP contribution in [0.5, 0.6) is 40.2 Å². The lowest BCUT2D eigenvalue weighted by atomic mass is 9.68. The molecule has 1 aliphatic heterocycles. The average Bonchev–Trinajstić information content (AvgIpc) is 3.12. The number of methoxy groups -OCH3 is 2. The molecule has 0 spiro atoms. The minimum atomic E-state index is -4.86. The number of ether oxygens (including phenoxy) is 2. The first-order valence-electron chi connectivity index (χ1n) is 12.1. The van der Waals surface area contributed by atoms with Crippen molar-refractivity contribution in [1.82, 2.24) is 4.90 Å². The lowest BCUT2D eigenvalue weighted by Crippen LogP contribution is -2.93. The van der Waals surface area contributed by atoms with Gasteiger partial charge in [-0.05, 0) is 12.1 Å². The van der Waals surface area contributed by atoms with Gasteiger partial charge in [0.1, 0.15) is 0 Å². The summed E-state index contributed by atoms with van der Waals surface area (Å²) in [6.07, 6.45) is -1.99. The Hall–Kier alpha value is -3.77. The molecule has 4 rings (SSSR count). The van der Waals surface area contributed by atoms with Gasteiger partial charge in [-0.25, -0.2) is 0 Å². The van der Waals surface area contributed by atoms with E-state index >= 15 is 0 Å². The molecule has 20 nitrogen and oxygen atoms in total. The number of rotatable bonds is 6. The summed E-state index contributed by atoms with van der Waals surface area (Å²) in [6, 6.07) is 1.86. The Morgan fingerprint density at radius 2 is 1.09 bits per heavy atom. The van der Waals surface area contributed by atoms with Crippen LogP contribution in [0.2, 0.25) is 0 Å². The van der Waals surface area contributed by atoms with E-state index in [2.05, 4.69) is 0 Å². The van der Waals surface area contributed by atoms with Gasteiger partial charge in [-0.15, -0.1) is 0 Å². The molecule has 1 aliphatic carbocycles. The Labute approximate surface area is 244 Å². The number of carbonyl (C=O) groups excluding carboxylic acids is 1. The number of aromatic hydroxyl groups is 5. The summed E-state index contributed by atoms with van der Waals surface area (Å²) in [5.74, 6) is -34.6. The molecule has 1 heterocycles. The van der Waals surface area contributed by atoms with Gasteiger partial charge in [0.15, 0.2) is 34.4 Å². The van der Waals surface area contributed by atoms with Crippen LogP contribution in [-0.4, -0.2) is 136 Å². The molecule has 0 radical (unpaired) electrons. The summed E-state index contributed by atoms with van der Waals surface area (Å²) < 4.78 is 10.1. The van der Waals surface area contributed by atoms with E-state index in [-0.39, 0.29) is 11.5 Å². The second-order valence-corrected chi connectivity index (χ2v) is 10.4. The fourth-order valence-corrected chi connectivity index (χ4v) is 5.42. The predicted octanol–water partition coefficient (Wildman–Crippen LogP) is -5.54. The molecule has 0 bridgehead atoms. The van der Waals surface area contributed by atoms with E-state index in [1.807, 2.05) is 0 Å². The highest BCUT2D eigenvalue weighted by Crippen LogP contribution is 2.58. The van der Waals surface area contributed by atoms with Gasteiger partial charge in [-0.2, -0.15) is 4.90 Å². The van der Waals surface area contributed by atoms with E-state index in [0.29, 0.717) is 0 Å². The molecular weight excluding hydrogens is 606 g/mol. The number of fused-ring (bicyclic) bond motifs is 1. The van der Waals surface area contributed by atoms with Crippen LogP contribution in [-0.2, 0) is 12.3 Å². The molecule has 0 saturated carbocycles. The number of phenolic OH excluding ortho intramolecular Hbond substituents is 5. The van der Waals surface area contributed by atoms with E-state index < -0.39 is 110 Å².